The molecule has 3 aromatic rings. The number of halogens is 1. The lowest BCUT2D eigenvalue weighted by molar-refractivity contribution is -0.0330. The second-order valence-corrected chi connectivity index (χ2v) is 6.80. The van der Waals surface area contributed by atoms with Gasteiger partial charge in [0.1, 0.15) is 22.3 Å². The minimum atomic E-state index is 0.00522. The van der Waals surface area contributed by atoms with Crippen LogP contribution in [0.3, 0.4) is 0 Å². The van der Waals surface area contributed by atoms with E-state index in [-0.39, 0.29) is 6.10 Å². The standard InChI is InChI=1S/C18H20ClN5O2/c1-12-8-15(22-26-12)17-14(18(19)23(2)21-17)10-24-6-7-25-16(11-24)13-4-3-5-20-9-13/h3-5,8-9,16H,6-7,10-11H2,1-2H3. The van der Waals surface area contributed by atoms with Gasteiger partial charge in [0, 0.05) is 56.3 Å². The van der Waals surface area contributed by atoms with Gasteiger partial charge in [0.25, 0.3) is 0 Å². The summed E-state index contributed by atoms with van der Waals surface area (Å²) < 4.78 is 12.8. The molecular formula is C18H20ClN5O2. The van der Waals surface area contributed by atoms with Crippen molar-refractivity contribution in [1.82, 2.24) is 24.8 Å². The summed E-state index contributed by atoms with van der Waals surface area (Å²) in [5.74, 6) is 0.746. The summed E-state index contributed by atoms with van der Waals surface area (Å²) in [5.41, 5.74) is 3.51. The van der Waals surface area contributed by atoms with Crippen molar-refractivity contribution < 1.29 is 9.26 Å². The fraction of sp³-hybridized carbons (Fsp3) is 0.389. The number of pyridine rings is 1. The molecule has 7 nitrogen and oxygen atoms in total. The van der Waals surface area contributed by atoms with Gasteiger partial charge in [-0.25, -0.2) is 0 Å². The lowest BCUT2D eigenvalue weighted by Gasteiger charge is -2.33. The summed E-state index contributed by atoms with van der Waals surface area (Å²) >= 11 is 6.52. The van der Waals surface area contributed by atoms with Crippen molar-refractivity contribution in [3.8, 4) is 11.4 Å². The minimum Gasteiger partial charge on any atom is -0.371 e. The third-order valence-electron chi connectivity index (χ3n) is 4.53. The fourth-order valence-electron chi connectivity index (χ4n) is 3.21. The number of aryl methyl sites for hydroxylation is 2. The van der Waals surface area contributed by atoms with Crippen molar-refractivity contribution in [3.63, 3.8) is 0 Å². The van der Waals surface area contributed by atoms with Gasteiger partial charge in [-0.2, -0.15) is 5.10 Å². The molecule has 1 fully saturated rings. The Hall–Kier alpha value is -2.22. The van der Waals surface area contributed by atoms with E-state index in [0.29, 0.717) is 24.0 Å². The Morgan fingerprint density at radius 2 is 2.27 bits per heavy atom. The van der Waals surface area contributed by atoms with Crippen LogP contribution in [0.4, 0.5) is 0 Å². The molecule has 1 saturated heterocycles. The van der Waals surface area contributed by atoms with Gasteiger partial charge in [0.15, 0.2) is 0 Å². The van der Waals surface area contributed by atoms with Gasteiger partial charge < -0.3 is 9.26 Å². The molecule has 0 spiro atoms. The van der Waals surface area contributed by atoms with Crippen molar-refractivity contribution in [1.29, 1.82) is 0 Å². The average Bonchev–Trinajstić information content (AvgIpc) is 3.21. The molecule has 1 unspecified atom stereocenters. The molecule has 0 radical (unpaired) electrons. The fourth-order valence-corrected chi connectivity index (χ4v) is 3.40. The van der Waals surface area contributed by atoms with Gasteiger partial charge in [-0.1, -0.05) is 22.8 Å². The highest BCUT2D eigenvalue weighted by molar-refractivity contribution is 6.30. The van der Waals surface area contributed by atoms with Crippen LogP contribution in [-0.2, 0) is 18.3 Å². The van der Waals surface area contributed by atoms with Crippen LogP contribution in [0.25, 0.3) is 11.4 Å². The number of aromatic nitrogens is 4. The summed E-state index contributed by atoms with van der Waals surface area (Å²) in [5, 5.41) is 9.24. The zero-order valence-electron chi connectivity index (χ0n) is 14.7. The molecule has 136 valence electrons. The third kappa shape index (κ3) is 3.38. The highest BCUT2D eigenvalue weighted by atomic mass is 35.5. The SMILES string of the molecule is Cc1cc(-c2nn(C)c(Cl)c2CN2CCOC(c3cccnc3)C2)no1. The van der Waals surface area contributed by atoms with E-state index in [9.17, 15) is 0 Å². The Labute approximate surface area is 156 Å². The second-order valence-electron chi connectivity index (χ2n) is 6.45. The maximum Gasteiger partial charge on any atom is 0.134 e. The van der Waals surface area contributed by atoms with Crippen LogP contribution >= 0.6 is 11.6 Å². The van der Waals surface area contributed by atoms with Gasteiger partial charge >= 0.3 is 0 Å². The van der Waals surface area contributed by atoms with E-state index in [2.05, 4.69) is 20.1 Å². The Morgan fingerprint density at radius 3 is 3.00 bits per heavy atom. The monoisotopic (exact) mass is 373 g/mol. The lowest BCUT2D eigenvalue weighted by atomic mass is 10.1. The molecule has 8 heteroatoms. The molecule has 1 aliphatic rings. The van der Waals surface area contributed by atoms with E-state index in [1.165, 1.54) is 0 Å². The van der Waals surface area contributed by atoms with Crippen LogP contribution < -0.4 is 0 Å². The summed E-state index contributed by atoms with van der Waals surface area (Å²) in [4.78, 5) is 6.51. The molecule has 0 saturated carbocycles. The van der Waals surface area contributed by atoms with E-state index < -0.39 is 0 Å². The van der Waals surface area contributed by atoms with Crippen molar-refractivity contribution in [2.75, 3.05) is 19.7 Å². The molecule has 26 heavy (non-hydrogen) atoms. The number of ether oxygens (including phenoxy) is 1. The highest BCUT2D eigenvalue weighted by Gasteiger charge is 2.26. The maximum absolute atomic E-state index is 6.52. The van der Waals surface area contributed by atoms with Crippen LogP contribution in [0.1, 0.15) is 23.0 Å². The van der Waals surface area contributed by atoms with Gasteiger partial charge in [-0.3, -0.25) is 14.6 Å². The molecule has 3 aromatic heterocycles. The number of hydrogen-bond acceptors (Lipinski definition) is 6. The zero-order valence-corrected chi connectivity index (χ0v) is 15.5. The minimum absolute atomic E-state index is 0.00522. The van der Waals surface area contributed by atoms with Crippen LogP contribution in [0.5, 0.6) is 0 Å². The number of nitrogens with zero attached hydrogens (tertiary/aromatic N) is 5. The highest BCUT2D eigenvalue weighted by Crippen LogP contribution is 2.31. The van der Waals surface area contributed by atoms with Gasteiger partial charge in [0.2, 0.25) is 0 Å². The van der Waals surface area contributed by atoms with Gasteiger partial charge in [-0.05, 0) is 13.0 Å². The normalized spacial score (nSPS) is 18.3. The van der Waals surface area contributed by atoms with Gasteiger partial charge in [-0.15, -0.1) is 0 Å². The van der Waals surface area contributed by atoms with E-state index in [1.807, 2.05) is 38.4 Å². The quantitative estimate of drug-likeness (QED) is 0.700. The van der Waals surface area contributed by atoms with E-state index in [1.54, 1.807) is 10.9 Å². The topological polar surface area (TPSA) is 69.2 Å². The smallest absolute Gasteiger partial charge is 0.134 e. The van der Waals surface area contributed by atoms with Crippen LogP contribution in [0, 0.1) is 6.92 Å². The summed E-state index contributed by atoms with van der Waals surface area (Å²) in [6, 6.07) is 5.85. The molecular weight excluding hydrogens is 354 g/mol. The van der Waals surface area contributed by atoms with Crippen molar-refractivity contribution in [3.05, 3.63) is 52.6 Å². The van der Waals surface area contributed by atoms with E-state index >= 15 is 0 Å². The molecule has 0 aliphatic carbocycles. The molecule has 1 atom stereocenters. The Balaban J connectivity index is 1.57. The van der Waals surface area contributed by atoms with E-state index in [0.717, 1.165) is 35.7 Å². The van der Waals surface area contributed by atoms with Crippen molar-refractivity contribution in [2.24, 2.45) is 7.05 Å². The number of morpholine rings is 1. The predicted octanol–water partition coefficient (Wildman–Crippen LogP) is 3.01. The average molecular weight is 374 g/mol. The number of rotatable bonds is 4. The van der Waals surface area contributed by atoms with Crippen molar-refractivity contribution >= 4 is 11.6 Å². The predicted molar refractivity (Wildman–Crippen MR) is 96.7 cm³/mol. The van der Waals surface area contributed by atoms with Crippen molar-refractivity contribution in [2.45, 2.75) is 19.6 Å². The largest absolute Gasteiger partial charge is 0.371 e. The van der Waals surface area contributed by atoms with Crippen LogP contribution in [0.2, 0.25) is 5.15 Å². The molecule has 0 N–H and O–H groups in total. The lowest BCUT2D eigenvalue weighted by Crippen LogP contribution is -2.38. The zero-order chi connectivity index (χ0) is 18.1. The maximum atomic E-state index is 6.52. The summed E-state index contributed by atoms with van der Waals surface area (Å²) in [6.07, 6.45) is 3.63. The molecule has 0 amide bonds. The molecule has 4 rings (SSSR count). The Morgan fingerprint density at radius 1 is 1.38 bits per heavy atom. The Bertz CT molecular complexity index is 892. The molecule has 1 aliphatic heterocycles. The first-order chi connectivity index (χ1) is 12.6. The second kappa shape index (κ2) is 7.19. The van der Waals surface area contributed by atoms with Crippen LogP contribution in [0.15, 0.2) is 35.1 Å². The first-order valence-electron chi connectivity index (χ1n) is 8.51. The molecule has 0 aromatic carbocycles. The molecule has 4 heterocycles. The first-order valence-corrected chi connectivity index (χ1v) is 8.88. The van der Waals surface area contributed by atoms with E-state index in [4.69, 9.17) is 20.9 Å². The molecule has 0 bridgehead atoms. The number of hydrogen-bond donors (Lipinski definition) is 0. The summed E-state index contributed by atoms with van der Waals surface area (Å²) in [7, 11) is 1.83. The summed E-state index contributed by atoms with van der Waals surface area (Å²) in [6.45, 7) is 4.80. The Kier molecular flexibility index (Phi) is 4.76. The third-order valence-corrected chi connectivity index (χ3v) is 5.00. The van der Waals surface area contributed by atoms with Gasteiger partial charge in [0.05, 0.1) is 12.7 Å². The first kappa shape index (κ1) is 17.2. The van der Waals surface area contributed by atoms with Crippen LogP contribution in [-0.4, -0.2) is 44.5 Å².